The van der Waals surface area contributed by atoms with Crippen molar-refractivity contribution in [3.8, 4) is 5.88 Å². The van der Waals surface area contributed by atoms with E-state index in [0.29, 0.717) is 11.6 Å². The van der Waals surface area contributed by atoms with Crippen molar-refractivity contribution in [3.63, 3.8) is 0 Å². The van der Waals surface area contributed by atoms with E-state index < -0.39 is 9.84 Å². The van der Waals surface area contributed by atoms with Crippen molar-refractivity contribution in [1.29, 1.82) is 0 Å². The number of nitrogens with zero attached hydrogens (tertiary/aromatic N) is 1. The van der Waals surface area contributed by atoms with Crippen LogP contribution in [0.5, 0.6) is 5.88 Å². The Morgan fingerprint density at radius 2 is 1.75 bits per heavy atom. The smallest absolute Gasteiger partial charge is 0.213 e. The number of aryl methyl sites for hydroxylation is 1. The molecule has 0 aliphatic carbocycles. The number of pyridine rings is 1. The number of hydrogen-bond acceptors (Lipinski definition) is 4. The molecule has 1 heterocycles. The first-order valence-corrected chi connectivity index (χ1v) is 11.0. The molecule has 0 saturated heterocycles. The molecule has 1 rings (SSSR count). The highest BCUT2D eigenvalue weighted by atomic mass is 32.2. The lowest BCUT2D eigenvalue weighted by atomic mass is 10.1. The van der Waals surface area contributed by atoms with Crippen molar-refractivity contribution in [1.82, 2.24) is 4.98 Å². The number of rotatable bonds is 13. The van der Waals surface area contributed by atoms with E-state index in [1.807, 2.05) is 12.3 Å². The van der Waals surface area contributed by atoms with Gasteiger partial charge in [-0.15, -0.1) is 0 Å². The van der Waals surface area contributed by atoms with E-state index in [1.165, 1.54) is 5.56 Å². The maximum atomic E-state index is 11.7. The van der Waals surface area contributed by atoms with Crippen LogP contribution >= 0.6 is 0 Å². The third kappa shape index (κ3) is 8.67. The zero-order valence-electron chi connectivity index (χ0n) is 15.5. The molecule has 0 fully saturated rings. The van der Waals surface area contributed by atoms with Gasteiger partial charge in [-0.05, 0) is 45.1 Å². The summed E-state index contributed by atoms with van der Waals surface area (Å²) in [5.41, 5.74) is 1.24. The zero-order valence-corrected chi connectivity index (χ0v) is 16.3. The molecule has 0 aliphatic rings. The van der Waals surface area contributed by atoms with Gasteiger partial charge in [-0.25, -0.2) is 13.4 Å². The van der Waals surface area contributed by atoms with Gasteiger partial charge in [0, 0.05) is 12.3 Å². The van der Waals surface area contributed by atoms with Crippen LogP contribution in [0.4, 0.5) is 0 Å². The normalized spacial score (nSPS) is 11.8. The Kier molecular flexibility index (Phi) is 9.99. The van der Waals surface area contributed by atoms with Gasteiger partial charge in [-0.3, -0.25) is 0 Å². The van der Waals surface area contributed by atoms with Crippen molar-refractivity contribution in [2.24, 2.45) is 0 Å². The second-order valence-electron chi connectivity index (χ2n) is 6.64. The fourth-order valence-electron chi connectivity index (χ4n) is 2.36. The predicted octanol–water partition coefficient (Wildman–Crippen LogP) is 4.58. The molecule has 0 radical (unpaired) electrons. The number of unbranched alkanes of at least 4 members (excludes halogenated alkanes) is 5. The molecule has 24 heavy (non-hydrogen) atoms. The Hall–Kier alpha value is -1.10. The fourth-order valence-corrected chi connectivity index (χ4v) is 3.44. The maximum Gasteiger partial charge on any atom is 0.213 e. The van der Waals surface area contributed by atoms with Crippen LogP contribution in [0.3, 0.4) is 0 Å². The molecule has 0 N–H and O–H groups in total. The topological polar surface area (TPSA) is 56.3 Å². The van der Waals surface area contributed by atoms with Gasteiger partial charge in [0.05, 0.1) is 17.6 Å². The third-order valence-electron chi connectivity index (χ3n) is 4.16. The lowest BCUT2D eigenvalue weighted by molar-refractivity contribution is 0.297. The largest absolute Gasteiger partial charge is 0.478 e. The van der Waals surface area contributed by atoms with E-state index in [9.17, 15) is 8.42 Å². The average molecular weight is 356 g/mol. The summed E-state index contributed by atoms with van der Waals surface area (Å²) in [6, 6.07) is 4.03. The third-order valence-corrected chi connectivity index (χ3v) is 6.45. The Morgan fingerprint density at radius 3 is 2.38 bits per heavy atom. The Balaban J connectivity index is 2.11. The van der Waals surface area contributed by atoms with E-state index >= 15 is 0 Å². The van der Waals surface area contributed by atoms with Crippen LogP contribution in [-0.4, -0.2) is 31.0 Å². The minimum Gasteiger partial charge on any atom is -0.478 e. The van der Waals surface area contributed by atoms with Crippen molar-refractivity contribution < 1.29 is 13.2 Å². The van der Waals surface area contributed by atoms with Crippen LogP contribution in [0.2, 0.25) is 0 Å². The van der Waals surface area contributed by atoms with E-state index in [1.54, 1.807) is 13.8 Å². The van der Waals surface area contributed by atoms with Crippen molar-refractivity contribution in [2.45, 2.75) is 77.4 Å². The van der Waals surface area contributed by atoms with Gasteiger partial charge in [-0.1, -0.05) is 38.7 Å². The summed E-state index contributed by atoms with van der Waals surface area (Å²) in [6.07, 6.45) is 10.2. The minimum atomic E-state index is -2.87. The highest BCUT2D eigenvalue weighted by molar-refractivity contribution is 7.91. The van der Waals surface area contributed by atoms with Crippen LogP contribution in [0, 0.1) is 0 Å². The number of aromatic nitrogens is 1. The van der Waals surface area contributed by atoms with Crippen LogP contribution in [0.1, 0.15) is 71.3 Å². The summed E-state index contributed by atoms with van der Waals surface area (Å²) in [4.78, 5) is 4.33. The summed E-state index contributed by atoms with van der Waals surface area (Å²) in [5.74, 6) is 1.03. The first kappa shape index (κ1) is 20.9. The van der Waals surface area contributed by atoms with Gasteiger partial charge in [-0.2, -0.15) is 0 Å². The molecule has 0 unspecified atom stereocenters. The average Bonchev–Trinajstić information content (AvgIpc) is 2.55. The Labute approximate surface area is 147 Å². The molecule has 138 valence electrons. The Morgan fingerprint density at radius 1 is 1.04 bits per heavy atom. The standard InChI is InChI=1S/C19H33NO3S/c1-4-5-14-23-19-13-12-18(16-20-19)11-9-7-6-8-10-15-24(21,22)17(2)3/h12-13,16-17H,4-11,14-15H2,1-3H3. The zero-order chi connectivity index (χ0) is 17.8. The molecule has 0 aliphatic heterocycles. The molecular weight excluding hydrogens is 322 g/mol. The van der Waals surface area contributed by atoms with E-state index in [0.717, 1.165) is 58.0 Å². The van der Waals surface area contributed by atoms with Gasteiger partial charge in [0.15, 0.2) is 9.84 Å². The van der Waals surface area contributed by atoms with E-state index in [4.69, 9.17) is 4.74 Å². The summed E-state index contributed by atoms with van der Waals surface area (Å²) in [6.45, 7) is 6.38. The van der Waals surface area contributed by atoms with Crippen molar-refractivity contribution >= 4 is 9.84 Å². The molecule has 4 nitrogen and oxygen atoms in total. The van der Waals surface area contributed by atoms with Crippen LogP contribution in [-0.2, 0) is 16.3 Å². The first-order valence-electron chi connectivity index (χ1n) is 9.25. The minimum absolute atomic E-state index is 0.251. The van der Waals surface area contributed by atoms with Gasteiger partial charge in [0.1, 0.15) is 0 Å². The first-order chi connectivity index (χ1) is 11.5. The summed E-state index contributed by atoms with van der Waals surface area (Å²) in [7, 11) is -2.87. The monoisotopic (exact) mass is 355 g/mol. The summed E-state index contributed by atoms with van der Waals surface area (Å²) in [5, 5.41) is -0.251. The van der Waals surface area contributed by atoms with Crippen LogP contribution < -0.4 is 4.74 Å². The maximum absolute atomic E-state index is 11.7. The van der Waals surface area contributed by atoms with Gasteiger partial charge >= 0.3 is 0 Å². The summed E-state index contributed by atoms with van der Waals surface area (Å²) < 4.78 is 29.0. The second-order valence-corrected chi connectivity index (χ2v) is 9.32. The highest BCUT2D eigenvalue weighted by Crippen LogP contribution is 2.13. The quantitative estimate of drug-likeness (QED) is 0.486. The number of sulfone groups is 1. The van der Waals surface area contributed by atoms with E-state index in [-0.39, 0.29) is 5.25 Å². The Bertz CT molecular complexity index is 538. The lowest BCUT2D eigenvalue weighted by Crippen LogP contribution is -2.17. The summed E-state index contributed by atoms with van der Waals surface area (Å²) >= 11 is 0. The van der Waals surface area contributed by atoms with Gasteiger partial charge in [0.2, 0.25) is 5.88 Å². The number of hydrogen-bond donors (Lipinski definition) is 0. The van der Waals surface area contributed by atoms with Gasteiger partial charge in [0.25, 0.3) is 0 Å². The molecule has 0 bridgehead atoms. The number of ether oxygens (including phenoxy) is 1. The second kappa shape index (κ2) is 11.5. The van der Waals surface area contributed by atoms with Crippen molar-refractivity contribution in [3.05, 3.63) is 23.9 Å². The van der Waals surface area contributed by atoms with Crippen molar-refractivity contribution in [2.75, 3.05) is 12.4 Å². The van der Waals surface area contributed by atoms with E-state index in [2.05, 4.69) is 18.0 Å². The van der Waals surface area contributed by atoms with Gasteiger partial charge < -0.3 is 4.74 Å². The predicted molar refractivity (Wildman–Crippen MR) is 100 cm³/mol. The highest BCUT2D eigenvalue weighted by Gasteiger charge is 2.14. The molecule has 0 amide bonds. The molecule has 5 heteroatoms. The molecule has 0 saturated carbocycles. The fraction of sp³-hybridized carbons (Fsp3) is 0.737. The molecule has 0 atom stereocenters. The molecule has 0 aromatic carbocycles. The van der Waals surface area contributed by atoms with Crippen LogP contribution in [0.25, 0.3) is 0 Å². The lowest BCUT2D eigenvalue weighted by Gasteiger charge is -2.07. The van der Waals surface area contributed by atoms with Crippen LogP contribution in [0.15, 0.2) is 18.3 Å². The molecular formula is C19H33NO3S. The molecule has 1 aromatic heterocycles. The molecule has 1 aromatic rings. The SMILES string of the molecule is CCCCOc1ccc(CCCCCCCS(=O)(=O)C(C)C)cn1. The molecule has 0 spiro atoms.